The summed E-state index contributed by atoms with van der Waals surface area (Å²) < 4.78 is 21.0. The summed E-state index contributed by atoms with van der Waals surface area (Å²) in [6, 6.07) is 12.1. The van der Waals surface area contributed by atoms with Crippen LogP contribution in [0.15, 0.2) is 58.6 Å². The summed E-state index contributed by atoms with van der Waals surface area (Å²) in [7, 11) is 1.73. The zero-order valence-electron chi connectivity index (χ0n) is 37.8. The summed E-state index contributed by atoms with van der Waals surface area (Å²) in [6.07, 6.45) is 10.3. The topological polar surface area (TPSA) is 168 Å². The molecule has 66 heavy (non-hydrogen) atoms. The zero-order chi connectivity index (χ0) is 45.7. The number of aromatic nitrogens is 3. The molecule has 4 aliphatic rings. The van der Waals surface area contributed by atoms with Crippen LogP contribution in [0.4, 0.5) is 0 Å². The Hall–Kier alpha value is -5.23. The molecule has 2 N–H and O–H groups in total. The first-order valence-corrected chi connectivity index (χ1v) is 24.8. The van der Waals surface area contributed by atoms with Gasteiger partial charge in [0.05, 0.1) is 39.4 Å². The number of nitrogens with zero attached hydrogens (tertiary/aromatic N) is 7. The molecule has 16 nitrogen and oxygen atoms in total. The highest BCUT2D eigenvalue weighted by atomic mass is 35.5. The number of carbonyl (C=O) groups is 4. The van der Waals surface area contributed by atoms with E-state index in [-0.39, 0.29) is 60.5 Å². The van der Waals surface area contributed by atoms with Crippen molar-refractivity contribution in [2.45, 2.75) is 102 Å². The number of hydrogen-bond acceptors (Lipinski definition) is 12. The smallest absolute Gasteiger partial charge is 0.272 e. The van der Waals surface area contributed by atoms with Crippen molar-refractivity contribution in [2.24, 2.45) is 5.92 Å². The van der Waals surface area contributed by atoms with Crippen LogP contribution in [0.3, 0.4) is 0 Å². The minimum absolute atomic E-state index is 0.0749. The molecule has 3 saturated heterocycles. The van der Waals surface area contributed by atoms with E-state index >= 15 is 0 Å². The molecule has 0 radical (unpaired) electrons. The fraction of sp³-hybridized carbons (Fsp3) is 0.542. The Bertz CT molecular complexity index is 2500. The molecule has 1 unspecified atom stereocenters. The number of likely N-dealkylation sites (tertiary alicyclic amines) is 2. The Morgan fingerprint density at radius 1 is 0.924 bits per heavy atom. The van der Waals surface area contributed by atoms with Gasteiger partial charge in [-0.05, 0) is 87.2 Å². The summed E-state index contributed by atoms with van der Waals surface area (Å²) in [5.74, 6) is 1.35. The quantitative estimate of drug-likeness (QED) is 0.127. The second kappa shape index (κ2) is 20.7. The molecular weight excluding hydrogens is 882 g/mol. The molecule has 4 fully saturated rings. The number of piperazine rings is 1. The number of fused-ring (bicyclic) bond motifs is 2. The van der Waals surface area contributed by atoms with Gasteiger partial charge in [0.2, 0.25) is 17.7 Å². The number of carbonyl (C=O) groups excluding carboxylic acids is 4. The van der Waals surface area contributed by atoms with Gasteiger partial charge in [-0.2, -0.15) is 0 Å². The number of amides is 4. The van der Waals surface area contributed by atoms with Crippen LogP contribution in [0.1, 0.15) is 81.0 Å². The van der Waals surface area contributed by atoms with Gasteiger partial charge in [-0.1, -0.05) is 49.1 Å². The first kappa shape index (κ1) is 45.9. The summed E-state index contributed by atoms with van der Waals surface area (Å²) in [5, 5.41) is 13.2. The van der Waals surface area contributed by atoms with Crippen LogP contribution >= 0.6 is 22.9 Å². The predicted octanol–water partition coefficient (Wildman–Crippen LogP) is 5.96. The van der Waals surface area contributed by atoms with Crippen LogP contribution in [-0.4, -0.2) is 142 Å². The third-order valence-corrected chi connectivity index (χ3v) is 15.3. The number of pyridine rings is 1. The van der Waals surface area contributed by atoms with Gasteiger partial charge in [0.25, 0.3) is 11.8 Å². The molecule has 0 bridgehead atoms. The molecular formula is C48H60ClN9O7S. The van der Waals surface area contributed by atoms with Gasteiger partial charge in [0.15, 0.2) is 5.76 Å². The van der Waals surface area contributed by atoms with E-state index in [9.17, 15) is 19.2 Å². The Morgan fingerprint density at radius 2 is 1.70 bits per heavy atom. The Kier molecular flexibility index (Phi) is 14.4. The maximum atomic E-state index is 14.5. The minimum Gasteiger partial charge on any atom is -0.489 e. The summed E-state index contributed by atoms with van der Waals surface area (Å²) >= 11 is 8.67. The second-order valence-electron chi connectivity index (χ2n) is 18.1. The van der Waals surface area contributed by atoms with E-state index in [1.165, 1.54) is 0 Å². The Balaban J connectivity index is 0.794. The number of para-hydroxylation sites is 1. The fourth-order valence-electron chi connectivity index (χ4n) is 10.1. The summed E-state index contributed by atoms with van der Waals surface area (Å²) in [6.45, 7) is 6.12. The minimum atomic E-state index is -0.607. The lowest BCUT2D eigenvalue weighted by Gasteiger charge is -2.39. The summed E-state index contributed by atoms with van der Waals surface area (Å²) in [4.78, 5) is 67.8. The lowest BCUT2D eigenvalue weighted by molar-refractivity contribution is -0.140. The first-order valence-electron chi connectivity index (χ1n) is 23.6. The van der Waals surface area contributed by atoms with Crippen LogP contribution in [0.5, 0.6) is 11.6 Å². The number of benzene rings is 1. The van der Waals surface area contributed by atoms with Crippen LogP contribution in [0.2, 0.25) is 5.02 Å². The van der Waals surface area contributed by atoms with Crippen LogP contribution in [0.25, 0.3) is 21.1 Å². The third-order valence-electron chi connectivity index (χ3n) is 14.0. The largest absolute Gasteiger partial charge is 0.489 e. The van der Waals surface area contributed by atoms with E-state index in [4.69, 9.17) is 25.6 Å². The van der Waals surface area contributed by atoms with E-state index in [0.717, 1.165) is 86.8 Å². The van der Waals surface area contributed by atoms with E-state index in [1.807, 2.05) is 52.7 Å². The monoisotopic (exact) mass is 941 g/mol. The molecule has 3 atom stereocenters. The van der Waals surface area contributed by atoms with Crippen molar-refractivity contribution in [3.63, 3.8) is 0 Å². The van der Waals surface area contributed by atoms with Crippen molar-refractivity contribution >= 4 is 67.7 Å². The molecule has 352 valence electrons. The van der Waals surface area contributed by atoms with E-state index in [2.05, 4.69) is 25.7 Å². The average molecular weight is 943 g/mol. The standard InChI is InChI=1S/C48H60ClN9O7S/c1-31(50-2)46(60)52-43(32-9-4-3-5-10-32)47(61)55-22-24-56(25-23-55)48(62)44-42(49)36-12-6-7-13-38(36)58(44)29-41(59)57-19-8-11-33(57)30-63-40-27-35(65-53-40)28-54-20-15-34(16-21-54)64-39-14-18-51-37-17-26-66-45(37)39/h6-7,12-14,17-18,26-27,31-34,43,50H,3-5,8-11,15-16,19-25,28-30H2,1-2H3,(H,52,60)/t31-,33-,43?/m0/s1. The fourth-order valence-corrected chi connectivity index (χ4v) is 11.2. The van der Waals surface area contributed by atoms with Gasteiger partial charge in [0.1, 0.15) is 36.7 Å². The molecule has 5 aromatic rings. The number of likely N-dealkylation sites (N-methyl/N-ethyl adjacent to an activating group) is 1. The van der Waals surface area contributed by atoms with Gasteiger partial charge in [0, 0.05) is 63.5 Å². The number of nitrogens with one attached hydrogen (secondary N) is 2. The maximum absolute atomic E-state index is 14.5. The third kappa shape index (κ3) is 10.0. The van der Waals surface area contributed by atoms with Gasteiger partial charge >= 0.3 is 0 Å². The van der Waals surface area contributed by atoms with Crippen LogP contribution in [0, 0.1) is 5.92 Å². The number of hydrogen-bond donors (Lipinski definition) is 2. The lowest BCUT2D eigenvalue weighted by atomic mass is 9.83. The summed E-state index contributed by atoms with van der Waals surface area (Å²) in [5.41, 5.74) is 1.92. The molecule has 4 amide bonds. The Morgan fingerprint density at radius 3 is 2.48 bits per heavy atom. The molecule has 18 heteroatoms. The zero-order valence-corrected chi connectivity index (χ0v) is 39.4. The highest BCUT2D eigenvalue weighted by molar-refractivity contribution is 7.17. The van der Waals surface area contributed by atoms with Crippen molar-refractivity contribution in [1.82, 2.24) is 44.9 Å². The first-order chi connectivity index (χ1) is 32.1. The maximum Gasteiger partial charge on any atom is 0.272 e. The van der Waals surface area contributed by atoms with Gasteiger partial charge in [-0.15, -0.1) is 11.3 Å². The van der Waals surface area contributed by atoms with Gasteiger partial charge < -0.3 is 43.9 Å². The van der Waals surface area contributed by atoms with Crippen molar-refractivity contribution in [3.8, 4) is 11.6 Å². The van der Waals surface area contributed by atoms with Crippen molar-refractivity contribution in [2.75, 3.05) is 59.5 Å². The Labute approximate surface area is 393 Å². The van der Waals surface area contributed by atoms with Crippen LogP contribution in [-0.2, 0) is 27.5 Å². The lowest BCUT2D eigenvalue weighted by Crippen LogP contribution is -2.59. The van der Waals surface area contributed by atoms with Gasteiger partial charge in [-0.3, -0.25) is 29.1 Å². The number of rotatable bonds is 15. The molecule has 3 aliphatic heterocycles. The average Bonchev–Trinajstić information content (AvgIpc) is 4.18. The predicted molar refractivity (Wildman–Crippen MR) is 252 cm³/mol. The molecule has 4 aromatic heterocycles. The van der Waals surface area contributed by atoms with E-state index in [1.54, 1.807) is 45.9 Å². The van der Waals surface area contributed by atoms with Crippen molar-refractivity contribution < 1.29 is 33.2 Å². The number of piperidine rings is 1. The number of thiophene rings is 1. The van der Waals surface area contributed by atoms with Crippen molar-refractivity contribution in [1.29, 1.82) is 0 Å². The van der Waals surface area contributed by atoms with E-state index in [0.29, 0.717) is 66.8 Å². The van der Waals surface area contributed by atoms with Crippen LogP contribution < -0.4 is 20.1 Å². The highest BCUT2D eigenvalue weighted by Crippen LogP contribution is 2.34. The normalized spacial score (nSPS) is 19.9. The second-order valence-corrected chi connectivity index (χ2v) is 19.4. The van der Waals surface area contributed by atoms with Crippen molar-refractivity contribution in [3.05, 3.63) is 70.5 Å². The highest BCUT2D eigenvalue weighted by Gasteiger charge is 2.38. The SMILES string of the molecule is CN[C@@H](C)C(=O)NC(C(=O)N1CCN(C(=O)c2c(Cl)c3ccccc3n2CC(=O)N2CCC[C@H]2COc2cc(CN3CCC(Oc4ccnc5ccsc45)CC3)on2)CC1)C1CCCCC1. The molecule has 9 rings (SSSR count). The molecule has 1 aliphatic carbocycles. The molecule has 1 aromatic carbocycles. The van der Waals surface area contributed by atoms with E-state index < -0.39 is 12.1 Å². The van der Waals surface area contributed by atoms with Gasteiger partial charge in [-0.25, -0.2) is 0 Å². The number of ether oxygens (including phenoxy) is 2. The molecule has 1 saturated carbocycles. The number of halogens is 1. The molecule has 7 heterocycles. The molecule has 0 spiro atoms.